The van der Waals surface area contributed by atoms with Gasteiger partial charge in [0.1, 0.15) is 0 Å². The maximum absolute atomic E-state index is 10.4. The lowest BCUT2D eigenvalue weighted by atomic mass is 9.83. The Morgan fingerprint density at radius 1 is 1.53 bits per heavy atom. The van der Waals surface area contributed by atoms with Crippen molar-refractivity contribution in [1.82, 2.24) is 4.90 Å². The van der Waals surface area contributed by atoms with E-state index in [-0.39, 0.29) is 0 Å². The van der Waals surface area contributed by atoms with Gasteiger partial charge in [0.25, 0.3) is 0 Å². The summed E-state index contributed by atoms with van der Waals surface area (Å²) in [4.78, 5) is 2.46. The van der Waals surface area contributed by atoms with Crippen LogP contribution in [0.15, 0.2) is 11.6 Å². The van der Waals surface area contributed by atoms with Gasteiger partial charge in [-0.2, -0.15) is 0 Å². The molecule has 0 unspecified atom stereocenters. The summed E-state index contributed by atoms with van der Waals surface area (Å²) < 4.78 is 0. The molecule has 2 atom stereocenters. The number of piperidine rings is 1. The Morgan fingerprint density at radius 3 is 2.93 bits per heavy atom. The van der Waals surface area contributed by atoms with Gasteiger partial charge in [-0.15, -0.1) is 0 Å². The van der Waals surface area contributed by atoms with Gasteiger partial charge in [-0.3, -0.25) is 4.90 Å². The van der Waals surface area contributed by atoms with E-state index in [1.165, 1.54) is 18.4 Å². The summed E-state index contributed by atoms with van der Waals surface area (Å²) in [6, 6.07) is 0.404. The Bertz CT molecular complexity index is 268. The van der Waals surface area contributed by atoms with E-state index in [9.17, 15) is 5.11 Å². The number of fused-ring (bicyclic) bond motifs is 1. The molecule has 2 rings (SSSR count). The highest BCUT2D eigenvalue weighted by molar-refractivity contribution is 5.17. The third-order valence-corrected chi connectivity index (χ3v) is 3.64. The Morgan fingerprint density at radius 2 is 2.27 bits per heavy atom. The van der Waals surface area contributed by atoms with E-state index in [4.69, 9.17) is 0 Å². The zero-order chi connectivity index (χ0) is 11.1. The molecule has 86 valence electrons. The summed E-state index contributed by atoms with van der Waals surface area (Å²) in [6.45, 7) is 8.66. The first-order valence-corrected chi connectivity index (χ1v) is 6.15. The fourth-order valence-corrected chi connectivity index (χ4v) is 3.20. The van der Waals surface area contributed by atoms with Crippen molar-refractivity contribution in [2.75, 3.05) is 13.1 Å². The molecule has 0 aromatic carbocycles. The number of rotatable bonds is 1. The smallest absolute Gasteiger partial charge is 0.0811 e. The number of hydrogen-bond acceptors (Lipinski definition) is 2. The second kappa shape index (κ2) is 3.91. The van der Waals surface area contributed by atoms with Crippen LogP contribution in [0.3, 0.4) is 0 Å². The highest BCUT2D eigenvalue weighted by Crippen LogP contribution is 2.36. The third-order valence-electron chi connectivity index (χ3n) is 3.64. The summed E-state index contributed by atoms with van der Waals surface area (Å²) in [5, 5.41) is 10.4. The lowest BCUT2D eigenvalue weighted by Gasteiger charge is -2.42. The van der Waals surface area contributed by atoms with Gasteiger partial charge in [0.05, 0.1) is 5.60 Å². The highest BCUT2D eigenvalue weighted by atomic mass is 16.3. The van der Waals surface area contributed by atoms with Crippen molar-refractivity contribution in [1.29, 1.82) is 0 Å². The predicted molar refractivity (Wildman–Crippen MR) is 62.8 cm³/mol. The van der Waals surface area contributed by atoms with E-state index in [1.54, 1.807) is 0 Å². The van der Waals surface area contributed by atoms with Crippen molar-refractivity contribution in [2.24, 2.45) is 5.92 Å². The minimum absolute atomic E-state index is 0.404. The summed E-state index contributed by atoms with van der Waals surface area (Å²) in [5.41, 5.74) is 0.920. The van der Waals surface area contributed by atoms with Crippen LogP contribution in [0.5, 0.6) is 0 Å². The average molecular weight is 209 g/mol. The molecular weight excluding hydrogens is 186 g/mol. The molecule has 2 nitrogen and oxygen atoms in total. The summed E-state index contributed by atoms with van der Waals surface area (Å²) in [5.74, 6) is 0.593. The van der Waals surface area contributed by atoms with Crippen LogP contribution in [0.25, 0.3) is 0 Å². The van der Waals surface area contributed by atoms with Crippen molar-refractivity contribution in [3.8, 4) is 0 Å². The Hall–Kier alpha value is -0.340. The monoisotopic (exact) mass is 209 g/mol. The fraction of sp³-hybridized carbons (Fsp3) is 0.846. The highest BCUT2D eigenvalue weighted by Gasteiger charge is 2.43. The van der Waals surface area contributed by atoms with E-state index in [0.29, 0.717) is 12.0 Å². The summed E-state index contributed by atoms with van der Waals surface area (Å²) >= 11 is 0. The molecule has 0 aromatic heterocycles. The standard InChI is InChI=1S/C13H23NO/c1-10(2)7-11-8-13(3,15)12-5-4-6-14(12)9-11/h7,10,12,15H,4-6,8-9H2,1-3H3/b11-7-/t12-,13-/m0/s1. The van der Waals surface area contributed by atoms with E-state index < -0.39 is 5.60 Å². The van der Waals surface area contributed by atoms with Gasteiger partial charge in [-0.05, 0) is 38.6 Å². The van der Waals surface area contributed by atoms with Crippen LogP contribution in [0.2, 0.25) is 0 Å². The molecule has 0 bridgehead atoms. The Labute approximate surface area is 93.0 Å². The van der Waals surface area contributed by atoms with E-state index in [0.717, 1.165) is 19.5 Å². The Kier molecular flexibility index (Phi) is 2.91. The molecule has 15 heavy (non-hydrogen) atoms. The van der Waals surface area contributed by atoms with Gasteiger partial charge in [-0.1, -0.05) is 25.5 Å². The molecule has 0 amide bonds. The van der Waals surface area contributed by atoms with E-state index in [1.807, 2.05) is 6.92 Å². The van der Waals surface area contributed by atoms with Gasteiger partial charge in [0.2, 0.25) is 0 Å². The van der Waals surface area contributed by atoms with Crippen LogP contribution in [-0.2, 0) is 0 Å². The summed E-state index contributed by atoms with van der Waals surface area (Å²) in [6.07, 6.45) is 5.60. The van der Waals surface area contributed by atoms with Crippen molar-refractivity contribution in [3.63, 3.8) is 0 Å². The molecule has 2 heterocycles. The molecule has 0 radical (unpaired) electrons. The van der Waals surface area contributed by atoms with Crippen molar-refractivity contribution in [3.05, 3.63) is 11.6 Å². The fourth-order valence-electron chi connectivity index (χ4n) is 3.20. The molecule has 2 aliphatic heterocycles. The predicted octanol–water partition coefficient (Wildman–Crippen LogP) is 2.19. The molecule has 2 saturated heterocycles. The molecule has 2 aliphatic rings. The molecule has 2 fully saturated rings. The largest absolute Gasteiger partial charge is 0.388 e. The summed E-state index contributed by atoms with van der Waals surface area (Å²) in [7, 11) is 0. The van der Waals surface area contributed by atoms with Crippen LogP contribution < -0.4 is 0 Å². The van der Waals surface area contributed by atoms with Gasteiger partial charge < -0.3 is 5.11 Å². The van der Waals surface area contributed by atoms with E-state index in [2.05, 4.69) is 24.8 Å². The van der Waals surface area contributed by atoms with Crippen molar-refractivity contribution in [2.45, 2.75) is 51.7 Å². The first-order valence-electron chi connectivity index (χ1n) is 6.15. The normalized spacial score (nSPS) is 40.1. The van der Waals surface area contributed by atoms with E-state index >= 15 is 0 Å². The minimum Gasteiger partial charge on any atom is -0.388 e. The molecular formula is C13H23NO. The van der Waals surface area contributed by atoms with Gasteiger partial charge in [-0.25, -0.2) is 0 Å². The molecule has 0 aliphatic carbocycles. The topological polar surface area (TPSA) is 23.5 Å². The third kappa shape index (κ3) is 2.26. The SMILES string of the molecule is CC(C)/C=C1\CN2CCC[C@H]2[C@@](C)(O)C1. The average Bonchev–Trinajstić information content (AvgIpc) is 2.49. The van der Waals surface area contributed by atoms with Crippen molar-refractivity contribution < 1.29 is 5.11 Å². The second-order valence-corrected chi connectivity index (χ2v) is 5.73. The zero-order valence-electron chi connectivity index (χ0n) is 10.2. The number of nitrogens with zero attached hydrogens (tertiary/aromatic N) is 1. The lowest BCUT2D eigenvalue weighted by Crippen LogP contribution is -2.52. The molecule has 2 heteroatoms. The van der Waals surface area contributed by atoms with Gasteiger partial charge in [0, 0.05) is 12.6 Å². The maximum atomic E-state index is 10.4. The Balaban J connectivity index is 2.16. The number of aliphatic hydroxyl groups is 1. The van der Waals surface area contributed by atoms with Crippen LogP contribution in [0.4, 0.5) is 0 Å². The number of allylic oxidation sites excluding steroid dienone is 1. The van der Waals surface area contributed by atoms with Gasteiger partial charge in [0.15, 0.2) is 0 Å². The molecule has 0 spiro atoms. The zero-order valence-corrected chi connectivity index (χ0v) is 10.2. The van der Waals surface area contributed by atoms with Crippen LogP contribution in [-0.4, -0.2) is 34.7 Å². The van der Waals surface area contributed by atoms with Crippen molar-refractivity contribution >= 4 is 0 Å². The molecule has 0 aromatic rings. The van der Waals surface area contributed by atoms with Gasteiger partial charge >= 0.3 is 0 Å². The lowest BCUT2D eigenvalue weighted by molar-refractivity contribution is -0.0330. The van der Waals surface area contributed by atoms with Crippen LogP contribution in [0.1, 0.15) is 40.0 Å². The second-order valence-electron chi connectivity index (χ2n) is 5.73. The first-order chi connectivity index (χ1) is 6.99. The number of hydrogen-bond donors (Lipinski definition) is 1. The first kappa shape index (κ1) is 11.2. The van der Waals surface area contributed by atoms with Crippen LogP contribution in [0, 0.1) is 5.92 Å². The van der Waals surface area contributed by atoms with Crippen LogP contribution >= 0.6 is 0 Å². The molecule has 0 saturated carbocycles. The minimum atomic E-state index is -0.504. The maximum Gasteiger partial charge on any atom is 0.0811 e. The quantitative estimate of drug-likeness (QED) is 0.669. The molecule has 1 N–H and O–H groups in total.